The fraction of sp³-hybridized carbons (Fsp3) is 0.159. The molecule has 1 aliphatic heterocycles. The van der Waals surface area contributed by atoms with Crippen LogP contribution in [0.1, 0.15) is 22.6 Å². The summed E-state index contributed by atoms with van der Waals surface area (Å²) in [6.07, 6.45) is 0. The highest BCUT2D eigenvalue weighted by Gasteiger charge is 2.24. The van der Waals surface area contributed by atoms with Crippen molar-refractivity contribution in [1.82, 2.24) is 19.9 Å². The molecule has 0 saturated carbocycles. The average Bonchev–Trinajstić information content (AvgIpc) is 3.63. The average molecular weight is 736 g/mol. The second-order valence-corrected chi connectivity index (χ2v) is 13.4. The number of piperazine rings is 1. The maximum Gasteiger partial charge on any atom is 0.237 e. The van der Waals surface area contributed by atoms with Gasteiger partial charge >= 0.3 is 0 Å². The van der Waals surface area contributed by atoms with Gasteiger partial charge in [-0.15, -0.1) is 0 Å². The van der Waals surface area contributed by atoms with E-state index in [1.54, 1.807) is 6.92 Å². The Labute approximate surface area is 307 Å². The summed E-state index contributed by atoms with van der Waals surface area (Å²) < 4.78 is 5.13. The van der Waals surface area contributed by atoms with Crippen LogP contribution in [0.15, 0.2) is 150 Å². The second-order valence-electron chi connectivity index (χ2n) is 12.8. The molecule has 7 aromatic rings. The van der Waals surface area contributed by atoms with Crippen molar-refractivity contribution >= 4 is 32.6 Å². The molecule has 0 bridgehead atoms. The van der Waals surface area contributed by atoms with E-state index in [2.05, 4.69) is 158 Å². The lowest BCUT2D eigenvalue weighted by Crippen LogP contribution is -2.49. The fourth-order valence-electron chi connectivity index (χ4n) is 6.34. The first-order valence-electron chi connectivity index (χ1n) is 17.2. The normalized spacial score (nSPS) is 13.2. The zero-order valence-electron chi connectivity index (χ0n) is 28.6. The van der Waals surface area contributed by atoms with Crippen LogP contribution in [0, 0.1) is 6.92 Å². The molecule has 1 aliphatic rings. The Morgan fingerprint density at radius 1 is 0.608 bits per heavy atom. The SMILES string of the molecule is BrCc1ccc(-c2ccccc2)cc1.Cc1nc(-c2ccc3ccc(CN4CCN(Cc5ccc(-c6ccccc6)cc5)CC4=O)cc3c2)no1. The Hall–Kier alpha value is -5.37. The van der Waals surface area contributed by atoms with E-state index < -0.39 is 0 Å². The molecule has 1 fully saturated rings. The van der Waals surface area contributed by atoms with Crippen molar-refractivity contribution in [3.05, 3.63) is 168 Å². The van der Waals surface area contributed by atoms with E-state index in [0.717, 1.165) is 46.9 Å². The fourth-order valence-corrected chi connectivity index (χ4v) is 6.71. The number of carbonyl (C=O) groups excluding carboxylic acids is 1. The van der Waals surface area contributed by atoms with E-state index in [0.29, 0.717) is 24.8 Å². The van der Waals surface area contributed by atoms with Gasteiger partial charge in [-0.3, -0.25) is 9.69 Å². The number of hydrogen-bond acceptors (Lipinski definition) is 5. The summed E-state index contributed by atoms with van der Waals surface area (Å²) in [6.45, 7) is 5.20. The van der Waals surface area contributed by atoms with Crippen LogP contribution < -0.4 is 0 Å². The van der Waals surface area contributed by atoms with Gasteiger partial charge in [0.15, 0.2) is 0 Å². The van der Waals surface area contributed by atoms with E-state index in [1.807, 2.05) is 23.1 Å². The first-order chi connectivity index (χ1) is 25.0. The van der Waals surface area contributed by atoms with E-state index in [4.69, 9.17) is 4.52 Å². The number of aryl methyl sites for hydroxylation is 1. The monoisotopic (exact) mass is 734 g/mol. The lowest BCUT2D eigenvalue weighted by molar-refractivity contribution is -0.136. The van der Waals surface area contributed by atoms with Gasteiger partial charge in [-0.25, -0.2) is 0 Å². The smallest absolute Gasteiger partial charge is 0.237 e. The lowest BCUT2D eigenvalue weighted by Gasteiger charge is -2.34. The summed E-state index contributed by atoms with van der Waals surface area (Å²) in [5.41, 5.74) is 9.54. The minimum atomic E-state index is 0.170. The van der Waals surface area contributed by atoms with E-state index in [-0.39, 0.29) is 5.91 Å². The molecule has 7 heteroatoms. The standard InChI is InChI=1S/C31H28N4O2.C13H11Br/c1-22-32-31(33-37-22)28-14-13-27-12-9-24(17-29(27)18-28)20-35-16-15-34(21-30(35)36)19-23-7-10-26(11-8-23)25-5-3-2-4-6-25;14-10-11-6-8-13(9-7-11)12-4-2-1-3-5-12/h2-14,17-18H,15-16,19-21H2,1H3;1-9H,10H2. The molecule has 2 heterocycles. The molecule has 0 spiro atoms. The van der Waals surface area contributed by atoms with Crippen LogP contribution in [0.5, 0.6) is 0 Å². The number of aromatic nitrogens is 2. The van der Waals surface area contributed by atoms with E-state index in [1.165, 1.54) is 33.4 Å². The van der Waals surface area contributed by atoms with E-state index >= 15 is 0 Å². The van der Waals surface area contributed by atoms with Crippen LogP contribution in [-0.2, 0) is 23.2 Å². The van der Waals surface area contributed by atoms with Gasteiger partial charge in [-0.1, -0.05) is 155 Å². The van der Waals surface area contributed by atoms with E-state index in [9.17, 15) is 4.79 Å². The zero-order valence-corrected chi connectivity index (χ0v) is 30.2. The third-order valence-electron chi connectivity index (χ3n) is 9.14. The van der Waals surface area contributed by atoms with Crippen LogP contribution in [0.4, 0.5) is 0 Å². The largest absolute Gasteiger partial charge is 0.339 e. The Balaban J connectivity index is 0.000000243. The molecule has 254 valence electrons. The van der Waals surface area contributed by atoms with Gasteiger partial charge in [0.2, 0.25) is 17.6 Å². The predicted molar refractivity (Wildman–Crippen MR) is 209 cm³/mol. The molecule has 0 unspecified atom stereocenters. The van der Waals surface area contributed by atoms with Crippen molar-refractivity contribution in [3.8, 4) is 33.6 Å². The van der Waals surface area contributed by atoms with Gasteiger partial charge in [0.25, 0.3) is 0 Å². The number of alkyl halides is 1. The molecular formula is C44H39BrN4O2. The number of benzene rings is 6. The van der Waals surface area contributed by atoms with Gasteiger partial charge in [0.1, 0.15) is 0 Å². The molecule has 0 N–H and O–H groups in total. The Morgan fingerprint density at radius 3 is 1.76 bits per heavy atom. The number of hydrogen-bond donors (Lipinski definition) is 0. The Kier molecular flexibility index (Phi) is 10.8. The third-order valence-corrected chi connectivity index (χ3v) is 9.79. The van der Waals surface area contributed by atoms with Crippen LogP contribution in [0.3, 0.4) is 0 Å². The molecule has 1 amide bonds. The minimum absolute atomic E-state index is 0.170. The van der Waals surface area contributed by atoms with Gasteiger partial charge in [0, 0.05) is 44.0 Å². The number of rotatable bonds is 8. The highest BCUT2D eigenvalue weighted by Crippen LogP contribution is 2.25. The summed E-state index contributed by atoms with van der Waals surface area (Å²) >= 11 is 3.44. The summed E-state index contributed by atoms with van der Waals surface area (Å²) in [6, 6.07) is 50.6. The van der Waals surface area contributed by atoms with Crippen molar-refractivity contribution in [3.63, 3.8) is 0 Å². The maximum absolute atomic E-state index is 13.0. The van der Waals surface area contributed by atoms with Gasteiger partial charge in [-0.2, -0.15) is 4.98 Å². The molecular weight excluding hydrogens is 696 g/mol. The molecule has 0 aliphatic carbocycles. The highest BCUT2D eigenvalue weighted by molar-refractivity contribution is 9.08. The summed E-state index contributed by atoms with van der Waals surface area (Å²) in [5, 5.41) is 7.19. The third kappa shape index (κ3) is 8.69. The van der Waals surface area contributed by atoms with Crippen molar-refractivity contribution in [2.75, 3.05) is 19.6 Å². The second kappa shape index (κ2) is 16.1. The summed E-state index contributed by atoms with van der Waals surface area (Å²) in [5.74, 6) is 1.31. The molecule has 1 saturated heterocycles. The van der Waals surface area contributed by atoms with Crippen LogP contribution in [0.25, 0.3) is 44.4 Å². The summed E-state index contributed by atoms with van der Waals surface area (Å²) in [4.78, 5) is 21.5. The van der Waals surface area contributed by atoms with Crippen molar-refractivity contribution in [1.29, 1.82) is 0 Å². The van der Waals surface area contributed by atoms with Crippen molar-refractivity contribution in [2.45, 2.75) is 25.3 Å². The highest BCUT2D eigenvalue weighted by atomic mass is 79.9. The number of nitrogens with zero attached hydrogens (tertiary/aromatic N) is 4. The molecule has 0 atom stereocenters. The quantitative estimate of drug-likeness (QED) is 0.146. The number of halogens is 1. The van der Waals surface area contributed by atoms with Crippen molar-refractivity contribution < 1.29 is 9.32 Å². The lowest BCUT2D eigenvalue weighted by atomic mass is 10.0. The molecule has 6 nitrogen and oxygen atoms in total. The molecule has 51 heavy (non-hydrogen) atoms. The molecule has 0 radical (unpaired) electrons. The summed E-state index contributed by atoms with van der Waals surface area (Å²) in [7, 11) is 0. The van der Waals surface area contributed by atoms with Crippen LogP contribution in [-0.4, -0.2) is 45.5 Å². The number of amides is 1. The first-order valence-corrected chi connectivity index (χ1v) is 18.3. The zero-order chi connectivity index (χ0) is 35.0. The van der Waals surface area contributed by atoms with Gasteiger partial charge in [0.05, 0.1) is 6.54 Å². The predicted octanol–water partition coefficient (Wildman–Crippen LogP) is 9.96. The molecule has 8 rings (SSSR count). The van der Waals surface area contributed by atoms with Crippen molar-refractivity contribution in [2.24, 2.45) is 0 Å². The van der Waals surface area contributed by atoms with Crippen LogP contribution in [0.2, 0.25) is 0 Å². The number of carbonyl (C=O) groups is 1. The van der Waals surface area contributed by atoms with Gasteiger partial charge in [-0.05, 0) is 61.8 Å². The van der Waals surface area contributed by atoms with Gasteiger partial charge < -0.3 is 9.42 Å². The Morgan fingerprint density at radius 2 is 1.18 bits per heavy atom. The number of fused-ring (bicyclic) bond motifs is 1. The molecule has 1 aromatic heterocycles. The topological polar surface area (TPSA) is 62.5 Å². The maximum atomic E-state index is 13.0. The van der Waals surface area contributed by atoms with Crippen LogP contribution >= 0.6 is 15.9 Å². The minimum Gasteiger partial charge on any atom is -0.339 e. The molecule has 6 aromatic carbocycles. The Bertz CT molecular complexity index is 2200. The first kappa shape index (κ1) is 34.1.